The third-order valence-corrected chi connectivity index (χ3v) is 3.86. The van der Waals surface area contributed by atoms with Gasteiger partial charge in [0.15, 0.2) is 0 Å². The molecule has 0 aromatic carbocycles. The van der Waals surface area contributed by atoms with Crippen LogP contribution < -0.4 is 0 Å². The maximum absolute atomic E-state index is 11.9. The molecular weight excluding hydrogens is 268 g/mol. The van der Waals surface area contributed by atoms with Crippen LogP contribution in [-0.2, 0) is 14.3 Å². The van der Waals surface area contributed by atoms with E-state index in [9.17, 15) is 9.59 Å². The molecule has 21 heavy (non-hydrogen) atoms. The van der Waals surface area contributed by atoms with E-state index in [1.165, 1.54) is 0 Å². The number of hydrogen-bond donors (Lipinski definition) is 0. The van der Waals surface area contributed by atoms with Crippen LogP contribution in [0.25, 0.3) is 0 Å². The molecule has 0 spiro atoms. The molecule has 0 atom stereocenters. The van der Waals surface area contributed by atoms with Crippen molar-refractivity contribution in [1.29, 1.82) is 0 Å². The molecule has 1 heterocycles. The van der Waals surface area contributed by atoms with E-state index in [1.54, 1.807) is 4.90 Å². The van der Waals surface area contributed by atoms with Gasteiger partial charge in [0.1, 0.15) is 6.73 Å². The molecule has 0 aromatic rings. The molecule has 0 bridgehead atoms. The number of rotatable bonds is 11. The summed E-state index contributed by atoms with van der Waals surface area (Å²) in [5.74, 6) is 0.469. The van der Waals surface area contributed by atoms with Crippen molar-refractivity contribution in [3.05, 3.63) is 0 Å². The van der Waals surface area contributed by atoms with Crippen LogP contribution in [0.15, 0.2) is 0 Å². The zero-order chi connectivity index (χ0) is 15.5. The molecule has 0 N–H and O–H groups in total. The van der Waals surface area contributed by atoms with Gasteiger partial charge in [0.25, 0.3) is 0 Å². The van der Waals surface area contributed by atoms with Gasteiger partial charge in [-0.1, -0.05) is 13.3 Å². The first kappa shape index (κ1) is 18.0. The molecule has 1 aliphatic heterocycles. The Morgan fingerprint density at radius 1 is 1.29 bits per heavy atom. The summed E-state index contributed by atoms with van der Waals surface area (Å²) in [5.41, 5.74) is 0. The highest BCUT2D eigenvalue weighted by molar-refractivity contribution is 5.78. The fraction of sp³-hybridized carbons (Fsp3) is 0.875. The van der Waals surface area contributed by atoms with Crippen molar-refractivity contribution in [3.8, 4) is 0 Å². The van der Waals surface area contributed by atoms with E-state index in [0.29, 0.717) is 32.7 Å². The van der Waals surface area contributed by atoms with Gasteiger partial charge in [0.2, 0.25) is 11.8 Å². The Bertz CT molecular complexity index is 321. The summed E-state index contributed by atoms with van der Waals surface area (Å²) >= 11 is 0. The second kappa shape index (κ2) is 10.6. The van der Waals surface area contributed by atoms with E-state index < -0.39 is 0 Å². The van der Waals surface area contributed by atoms with Crippen molar-refractivity contribution in [1.82, 2.24) is 9.80 Å². The van der Waals surface area contributed by atoms with E-state index in [0.717, 1.165) is 45.2 Å². The lowest BCUT2D eigenvalue weighted by Crippen LogP contribution is -2.33. The van der Waals surface area contributed by atoms with Crippen molar-refractivity contribution >= 4 is 11.8 Å². The third-order valence-electron chi connectivity index (χ3n) is 3.86. The van der Waals surface area contributed by atoms with Crippen LogP contribution in [0.5, 0.6) is 0 Å². The fourth-order valence-electron chi connectivity index (χ4n) is 2.45. The van der Waals surface area contributed by atoms with Crippen molar-refractivity contribution in [2.45, 2.75) is 58.8 Å². The van der Waals surface area contributed by atoms with Crippen molar-refractivity contribution < 1.29 is 14.3 Å². The van der Waals surface area contributed by atoms with Gasteiger partial charge in [-0.25, -0.2) is 0 Å². The minimum atomic E-state index is 0.182. The highest BCUT2D eigenvalue weighted by atomic mass is 16.5. The zero-order valence-electron chi connectivity index (χ0n) is 13.6. The summed E-state index contributed by atoms with van der Waals surface area (Å²) in [4.78, 5) is 27.0. The lowest BCUT2D eigenvalue weighted by Gasteiger charge is -2.21. The highest BCUT2D eigenvalue weighted by Gasteiger charge is 2.18. The third kappa shape index (κ3) is 6.93. The first-order chi connectivity index (χ1) is 10.2. The molecule has 0 unspecified atom stereocenters. The van der Waals surface area contributed by atoms with Gasteiger partial charge in [-0.2, -0.15) is 0 Å². The van der Waals surface area contributed by atoms with E-state index in [2.05, 4.69) is 6.92 Å². The Labute approximate surface area is 128 Å². The first-order valence-corrected chi connectivity index (χ1v) is 8.32. The van der Waals surface area contributed by atoms with Crippen LogP contribution in [0.1, 0.15) is 58.8 Å². The van der Waals surface area contributed by atoms with Crippen LogP contribution in [0.3, 0.4) is 0 Å². The van der Waals surface area contributed by atoms with Crippen LogP contribution in [0.2, 0.25) is 0 Å². The van der Waals surface area contributed by atoms with E-state index >= 15 is 0 Å². The van der Waals surface area contributed by atoms with Gasteiger partial charge in [-0.05, 0) is 32.6 Å². The number of hydrogen-bond acceptors (Lipinski definition) is 3. The van der Waals surface area contributed by atoms with E-state index in [4.69, 9.17) is 4.74 Å². The molecule has 5 heteroatoms. The minimum absolute atomic E-state index is 0.182. The largest absolute Gasteiger partial charge is 0.361 e. The van der Waals surface area contributed by atoms with Gasteiger partial charge < -0.3 is 14.5 Å². The number of amides is 2. The Morgan fingerprint density at radius 3 is 2.71 bits per heavy atom. The number of carbonyl (C=O) groups is 2. The minimum Gasteiger partial charge on any atom is -0.361 e. The molecule has 0 aliphatic carbocycles. The quantitative estimate of drug-likeness (QED) is 0.435. The summed E-state index contributed by atoms with van der Waals surface area (Å²) in [6, 6.07) is 0. The topological polar surface area (TPSA) is 49.9 Å². The lowest BCUT2D eigenvalue weighted by molar-refractivity contribution is -0.136. The molecule has 1 fully saturated rings. The van der Waals surface area contributed by atoms with Gasteiger partial charge in [0, 0.05) is 39.1 Å². The fourth-order valence-corrected chi connectivity index (χ4v) is 2.45. The van der Waals surface area contributed by atoms with Crippen molar-refractivity contribution in [2.24, 2.45) is 0 Å². The van der Waals surface area contributed by atoms with Gasteiger partial charge >= 0.3 is 0 Å². The Kier molecular flexibility index (Phi) is 9.06. The van der Waals surface area contributed by atoms with Crippen molar-refractivity contribution in [2.75, 3.05) is 33.0 Å². The Morgan fingerprint density at radius 2 is 2.10 bits per heavy atom. The maximum Gasteiger partial charge on any atom is 0.224 e. The van der Waals surface area contributed by atoms with Crippen LogP contribution in [0, 0.1) is 0 Å². The molecule has 1 rings (SSSR count). The second-order valence-corrected chi connectivity index (χ2v) is 5.58. The van der Waals surface area contributed by atoms with Crippen LogP contribution >= 0.6 is 0 Å². The number of nitrogens with zero attached hydrogens (tertiary/aromatic N) is 2. The molecule has 0 saturated carbocycles. The number of likely N-dealkylation sites (tertiary alicyclic amines) is 1. The zero-order valence-corrected chi connectivity index (χ0v) is 13.6. The molecule has 1 aliphatic rings. The van der Waals surface area contributed by atoms with Crippen LogP contribution in [-0.4, -0.2) is 54.6 Å². The number of unbranched alkanes of at least 4 members (excludes halogenated alkanes) is 2. The average Bonchev–Trinajstić information content (AvgIpc) is 2.89. The standard InChI is InChI=1S/C16H30N2O3/c1-3-5-9-15(19)17(4-2)14-21-13-7-6-11-18-12-8-10-16(18)20/h3-14H2,1-2H3. The molecule has 5 nitrogen and oxygen atoms in total. The summed E-state index contributed by atoms with van der Waals surface area (Å²) < 4.78 is 5.58. The van der Waals surface area contributed by atoms with E-state index in [-0.39, 0.29) is 11.8 Å². The number of carbonyl (C=O) groups excluding carboxylic acids is 2. The summed E-state index contributed by atoms with van der Waals surface area (Å²) in [6.07, 6.45) is 6.22. The van der Waals surface area contributed by atoms with Crippen LogP contribution in [0.4, 0.5) is 0 Å². The molecule has 1 saturated heterocycles. The molecule has 2 amide bonds. The normalized spacial score (nSPS) is 14.8. The average molecular weight is 298 g/mol. The maximum atomic E-state index is 11.9. The predicted octanol–water partition coefficient (Wildman–Crippen LogP) is 2.40. The predicted molar refractivity (Wildman–Crippen MR) is 82.8 cm³/mol. The monoisotopic (exact) mass is 298 g/mol. The SMILES string of the molecule is CCCCC(=O)N(CC)COCCCCN1CCCC1=O. The summed E-state index contributed by atoms with van der Waals surface area (Å²) in [6.45, 7) is 7.56. The Balaban J connectivity index is 2.03. The smallest absolute Gasteiger partial charge is 0.224 e. The molecule has 0 radical (unpaired) electrons. The van der Waals surface area contributed by atoms with E-state index in [1.807, 2.05) is 11.8 Å². The van der Waals surface area contributed by atoms with Gasteiger partial charge in [0.05, 0.1) is 0 Å². The van der Waals surface area contributed by atoms with Gasteiger partial charge in [-0.3, -0.25) is 9.59 Å². The summed E-state index contributed by atoms with van der Waals surface area (Å²) in [5, 5.41) is 0. The second-order valence-electron chi connectivity index (χ2n) is 5.58. The lowest BCUT2D eigenvalue weighted by atomic mass is 10.2. The van der Waals surface area contributed by atoms with Crippen molar-refractivity contribution in [3.63, 3.8) is 0 Å². The Hall–Kier alpha value is -1.10. The summed E-state index contributed by atoms with van der Waals surface area (Å²) in [7, 11) is 0. The molecular formula is C16H30N2O3. The first-order valence-electron chi connectivity index (χ1n) is 8.32. The van der Waals surface area contributed by atoms with Gasteiger partial charge in [-0.15, -0.1) is 0 Å². The highest BCUT2D eigenvalue weighted by Crippen LogP contribution is 2.10. The number of ether oxygens (including phenoxy) is 1. The molecule has 0 aromatic heterocycles. The molecule has 122 valence electrons.